The van der Waals surface area contributed by atoms with Crippen molar-refractivity contribution in [3.63, 3.8) is 0 Å². The lowest BCUT2D eigenvalue weighted by atomic mass is 10.1. The minimum absolute atomic E-state index is 0.0799. The summed E-state index contributed by atoms with van der Waals surface area (Å²) in [6, 6.07) is 1.33. The number of hydrogen-bond acceptors (Lipinski definition) is 5. The molecule has 2 N–H and O–H groups in total. The third-order valence-electron chi connectivity index (χ3n) is 4.55. The number of rotatable bonds is 6. The van der Waals surface area contributed by atoms with Crippen molar-refractivity contribution in [2.45, 2.75) is 34.1 Å². The lowest BCUT2D eigenvalue weighted by Crippen LogP contribution is -2.37. The Hall–Kier alpha value is -3.00. The number of urea groups is 1. The summed E-state index contributed by atoms with van der Waals surface area (Å²) < 4.78 is 0. The van der Waals surface area contributed by atoms with E-state index >= 15 is 0 Å². The molecule has 28 heavy (non-hydrogen) atoms. The van der Waals surface area contributed by atoms with Gasteiger partial charge in [-0.2, -0.15) is 0 Å². The van der Waals surface area contributed by atoms with Crippen LogP contribution in [0.1, 0.15) is 43.8 Å². The zero-order valence-electron chi connectivity index (χ0n) is 16.2. The molecule has 0 saturated heterocycles. The van der Waals surface area contributed by atoms with Gasteiger partial charge in [-0.3, -0.25) is 9.89 Å². The van der Waals surface area contributed by atoms with Crippen LogP contribution in [0.15, 0.2) is 40.3 Å². The molecule has 0 aliphatic carbocycles. The summed E-state index contributed by atoms with van der Waals surface area (Å²) in [5, 5.41) is 12.8. The summed E-state index contributed by atoms with van der Waals surface area (Å²) in [6.07, 6.45) is 4.30. The van der Waals surface area contributed by atoms with Gasteiger partial charge in [-0.1, -0.05) is 13.8 Å². The summed E-state index contributed by atoms with van der Waals surface area (Å²) in [6.45, 7) is 11.6. The number of carbonyl (C=O) groups excluding carboxylic acids is 1. The summed E-state index contributed by atoms with van der Waals surface area (Å²) in [4.78, 5) is 35.0. The zero-order valence-corrected chi connectivity index (χ0v) is 17.1. The summed E-state index contributed by atoms with van der Waals surface area (Å²) in [7, 11) is 0. The van der Waals surface area contributed by atoms with Crippen molar-refractivity contribution in [2.75, 3.05) is 10.2 Å². The Balaban J connectivity index is 2.14. The number of aromatic nitrogens is 1. The Morgan fingerprint density at radius 2 is 2.18 bits per heavy atom. The second kappa shape index (κ2) is 7.55. The number of carboxylic acids is 1. The predicted molar refractivity (Wildman–Crippen MR) is 114 cm³/mol. The van der Waals surface area contributed by atoms with Crippen LogP contribution in [0.4, 0.5) is 16.2 Å². The van der Waals surface area contributed by atoms with Gasteiger partial charge >= 0.3 is 12.0 Å². The molecule has 0 saturated carbocycles. The molecule has 0 atom stereocenters. The van der Waals surface area contributed by atoms with Crippen LogP contribution < -0.4 is 10.2 Å². The van der Waals surface area contributed by atoms with Gasteiger partial charge in [0.25, 0.3) is 0 Å². The monoisotopic (exact) mass is 398 g/mol. The molecule has 0 radical (unpaired) electrons. The SMILES string of the molecule is C=N/C(=C\C(C)=C(/C)N1C(=O)Nc2c(C(=O)O)sc3nccc1c23)CC(C)C. The number of aromatic carboxylic acids is 1. The van der Waals surface area contributed by atoms with Crippen LogP contribution in [0.2, 0.25) is 0 Å². The maximum absolute atomic E-state index is 12.9. The smallest absolute Gasteiger partial charge is 0.348 e. The number of carboxylic acid groups (broad SMARTS) is 1. The van der Waals surface area contributed by atoms with Gasteiger partial charge in [-0.05, 0) is 50.6 Å². The zero-order chi connectivity index (χ0) is 20.6. The standard InChI is InChI=1S/C20H22N4O3S/c1-10(2)8-13(21-5)9-11(3)12(4)24-14-6-7-22-18-15(14)16(23-20(24)27)17(28-18)19(25)26/h6-7,9-10H,5,8H2,1-4H3,(H,23,27)(H,25,26)/b12-11+,13-9-. The molecule has 3 rings (SSSR count). The first-order chi connectivity index (χ1) is 13.2. The van der Waals surface area contributed by atoms with Gasteiger partial charge in [0.2, 0.25) is 0 Å². The Morgan fingerprint density at radius 1 is 1.46 bits per heavy atom. The molecule has 1 aliphatic rings. The number of aliphatic imine (C=N–C) groups is 1. The molecule has 3 heterocycles. The Morgan fingerprint density at radius 3 is 2.79 bits per heavy atom. The largest absolute Gasteiger partial charge is 0.477 e. The van der Waals surface area contributed by atoms with Crippen LogP contribution >= 0.6 is 11.3 Å². The number of anilines is 2. The number of thiophene rings is 1. The van der Waals surface area contributed by atoms with Crippen molar-refractivity contribution in [1.29, 1.82) is 0 Å². The Kier molecular flexibility index (Phi) is 5.33. The van der Waals surface area contributed by atoms with Crippen LogP contribution in [-0.2, 0) is 0 Å². The minimum atomic E-state index is -1.08. The van der Waals surface area contributed by atoms with Crippen molar-refractivity contribution in [3.05, 3.63) is 40.2 Å². The highest BCUT2D eigenvalue weighted by Gasteiger charge is 2.32. The molecule has 2 amide bonds. The number of amides is 2. The van der Waals surface area contributed by atoms with Gasteiger partial charge in [-0.25, -0.2) is 14.6 Å². The van der Waals surface area contributed by atoms with E-state index in [1.54, 1.807) is 17.2 Å². The molecule has 2 aromatic rings. The number of nitrogens with zero attached hydrogens (tertiary/aromatic N) is 3. The Bertz CT molecular complexity index is 1050. The molecule has 0 fully saturated rings. The normalized spacial score (nSPS) is 15.0. The third kappa shape index (κ3) is 3.43. The van der Waals surface area contributed by atoms with E-state index in [1.807, 2.05) is 19.9 Å². The molecule has 0 spiro atoms. The van der Waals surface area contributed by atoms with E-state index in [1.165, 1.54) is 0 Å². The lowest BCUT2D eigenvalue weighted by Gasteiger charge is -2.29. The lowest BCUT2D eigenvalue weighted by molar-refractivity contribution is 0.0703. The average Bonchev–Trinajstić information content (AvgIpc) is 3.00. The summed E-state index contributed by atoms with van der Waals surface area (Å²) >= 11 is 1.05. The second-order valence-electron chi connectivity index (χ2n) is 7.05. The molecular formula is C20H22N4O3S. The summed E-state index contributed by atoms with van der Waals surface area (Å²) in [5.74, 6) is -0.648. The fourth-order valence-corrected chi connectivity index (χ4v) is 4.14. The molecule has 1 aliphatic heterocycles. The third-order valence-corrected chi connectivity index (χ3v) is 5.64. The van der Waals surface area contributed by atoms with Gasteiger partial charge in [-0.15, -0.1) is 11.3 Å². The molecule has 146 valence electrons. The van der Waals surface area contributed by atoms with Gasteiger partial charge in [0.05, 0.1) is 16.8 Å². The topological polar surface area (TPSA) is 94.9 Å². The van der Waals surface area contributed by atoms with Crippen LogP contribution in [0.25, 0.3) is 10.2 Å². The molecular weight excluding hydrogens is 376 g/mol. The molecule has 7 nitrogen and oxygen atoms in total. The highest BCUT2D eigenvalue weighted by atomic mass is 32.1. The molecule has 8 heteroatoms. The predicted octanol–water partition coefficient (Wildman–Crippen LogP) is 5.27. The second-order valence-corrected chi connectivity index (χ2v) is 8.05. The van der Waals surface area contributed by atoms with Crippen LogP contribution in [-0.4, -0.2) is 28.8 Å². The first-order valence-corrected chi connectivity index (χ1v) is 9.66. The van der Waals surface area contributed by atoms with E-state index in [2.05, 4.69) is 35.9 Å². The number of carbonyl (C=O) groups is 2. The quantitative estimate of drug-likeness (QED) is 0.512. The van der Waals surface area contributed by atoms with Crippen molar-refractivity contribution in [2.24, 2.45) is 10.9 Å². The highest BCUT2D eigenvalue weighted by molar-refractivity contribution is 7.21. The maximum Gasteiger partial charge on any atom is 0.348 e. The number of allylic oxidation sites excluding steroid dienone is 4. The summed E-state index contributed by atoms with van der Waals surface area (Å²) in [5.41, 5.74) is 3.39. The van der Waals surface area contributed by atoms with Gasteiger partial charge in [0.15, 0.2) is 0 Å². The van der Waals surface area contributed by atoms with E-state index in [9.17, 15) is 14.7 Å². The van der Waals surface area contributed by atoms with E-state index in [4.69, 9.17) is 0 Å². The van der Waals surface area contributed by atoms with E-state index < -0.39 is 12.0 Å². The minimum Gasteiger partial charge on any atom is -0.477 e. The van der Waals surface area contributed by atoms with E-state index in [-0.39, 0.29) is 4.88 Å². The van der Waals surface area contributed by atoms with Crippen LogP contribution in [0.3, 0.4) is 0 Å². The van der Waals surface area contributed by atoms with Gasteiger partial charge in [0, 0.05) is 17.6 Å². The van der Waals surface area contributed by atoms with Crippen molar-refractivity contribution >= 4 is 51.6 Å². The fourth-order valence-electron chi connectivity index (χ4n) is 3.19. The molecule has 2 aromatic heterocycles. The highest BCUT2D eigenvalue weighted by Crippen LogP contribution is 2.44. The molecule has 0 aromatic carbocycles. The first-order valence-electron chi connectivity index (χ1n) is 8.85. The van der Waals surface area contributed by atoms with E-state index in [0.29, 0.717) is 27.5 Å². The van der Waals surface area contributed by atoms with Gasteiger partial charge in [0.1, 0.15) is 9.71 Å². The van der Waals surface area contributed by atoms with E-state index in [0.717, 1.165) is 34.7 Å². The average molecular weight is 398 g/mol. The fraction of sp³-hybridized carbons (Fsp3) is 0.300. The van der Waals surface area contributed by atoms with Crippen LogP contribution in [0.5, 0.6) is 0 Å². The maximum atomic E-state index is 12.9. The first kappa shape index (κ1) is 19.8. The van der Waals surface area contributed by atoms with Crippen molar-refractivity contribution in [3.8, 4) is 0 Å². The van der Waals surface area contributed by atoms with Gasteiger partial charge < -0.3 is 10.4 Å². The Labute approximate surface area is 167 Å². The molecule has 0 unspecified atom stereocenters. The number of hydrogen-bond donors (Lipinski definition) is 2. The number of nitrogens with one attached hydrogen (secondary N) is 1. The van der Waals surface area contributed by atoms with Crippen molar-refractivity contribution < 1.29 is 14.7 Å². The van der Waals surface area contributed by atoms with Crippen molar-refractivity contribution in [1.82, 2.24) is 4.98 Å². The number of pyridine rings is 1. The molecule has 0 bridgehead atoms. The van der Waals surface area contributed by atoms with Crippen LogP contribution in [0, 0.1) is 5.92 Å².